The zero-order chi connectivity index (χ0) is 18.0. The Morgan fingerprint density at radius 2 is 2.00 bits per heavy atom. The summed E-state index contributed by atoms with van der Waals surface area (Å²) in [6.07, 6.45) is 1.15. The molecule has 0 radical (unpaired) electrons. The highest BCUT2D eigenvalue weighted by atomic mass is 32.2. The summed E-state index contributed by atoms with van der Waals surface area (Å²) in [5.41, 5.74) is 0.740. The van der Waals surface area contributed by atoms with Crippen LogP contribution < -0.4 is 5.32 Å². The third kappa shape index (κ3) is 3.38. The zero-order valence-electron chi connectivity index (χ0n) is 14.4. The number of ether oxygens (including phenoxy) is 1. The van der Waals surface area contributed by atoms with E-state index in [0.29, 0.717) is 32.5 Å². The van der Waals surface area contributed by atoms with Crippen LogP contribution in [0.4, 0.5) is 5.69 Å². The molecule has 0 bridgehead atoms. The number of amides is 2. The van der Waals surface area contributed by atoms with Crippen molar-refractivity contribution < 1.29 is 19.1 Å². The number of esters is 1. The van der Waals surface area contributed by atoms with E-state index in [4.69, 9.17) is 4.74 Å². The number of carbonyl (C=O) groups excluding carboxylic acids is 3. The minimum absolute atomic E-state index is 0.162. The number of fused-ring (bicyclic) bond motifs is 1. The van der Waals surface area contributed by atoms with Crippen LogP contribution in [-0.4, -0.2) is 47.1 Å². The smallest absolute Gasteiger partial charge is 0.309 e. The van der Waals surface area contributed by atoms with Crippen molar-refractivity contribution in [2.24, 2.45) is 5.92 Å². The number of piperidine rings is 1. The first-order valence-electron chi connectivity index (χ1n) is 8.51. The van der Waals surface area contributed by atoms with Crippen molar-refractivity contribution in [3.63, 3.8) is 0 Å². The summed E-state index contributed by atoms with van der Waals surface area (Å²) in [4.78, 5) is 40.0. The van der Waals surface area contributed by atoms with Crippen LogP contribution in [0.25, 0.3) is 0 Å². The maximum atomic E-state index is 13.0. The van der Waals surface area contributed by atoms with Gasteiger partial charge in [0, 0.05) is 18.0 Å². The summed E-state index contributed by atoms with van der Waals surface area (Å²) in [5.74, 6) is -0.856. The van der Waals surface area contributed by atoms with Crippen molar-refractivity contribution in [2.45, 2.75) is 36.3 Å². The molecular formula is C18H22N2O4S. The van der Waals surface area contributed by atoms with Crippen LogP contribution >= 0.6 is 11.8 Å². The van der Waals surface area contributed by atoms with Crippen molar-refractivity contribution >= 4 is 35.2 Å². The van der Waals surface area contributed by atoms with E-state index < -0.39 is 4.75 Å². The molecule has 2 amide bonds. The van der Waals surface area contributed by atoms with Gasteiger partial charge in [0.25, 0.3) is 0 Å². The lowest BCUT2D eigenvalue weighted by Gasteiger charge is -2.38. The van der Waals surface area contributed by atoms with E-state index >= 15 is 0 Å². The fourth-order valence-corrected chi connectivity index (χ4v) is 4.36. The minimum atomic E-state index is -1.19. The zero-order valence-corrected chi connectivity index (χ0v) is 15.2. The van der Waals surface area contributed by atoms with Gasteiger partial charge in [0.05, 0.1) is 18.2 Å². The Morgan fingerprint density at radius 3 is 2.68 bits per heavy atom. The van der Waals surface area contributed by atoms with E-state index in [1.54, 1.807) is 18.7 Å². The van der Waals surface area contributed by atoms with Crippen molar-refractivity contribution in [1.29, 1.82) is 0 Å². The molecule has 2 heterocycles. The summed E-state index contributed by atoms with van der Waals surface area (Å²) in [6, 6.07) is 7.47. The van der Waals surface area contributed by atoms with Crippen molar-refractivity contribution in [3.05, 3.63) is 24.3 Å². The molecule has 2 aliphatic heterocycles. The van der Waals surface area contributed by atoms with Gasteiger partial charge in [-0.05, 0) is 38.8 Å². The SMILES string of the molecule is CCOC(=O)C1CCN(C(=O)C2(C)Sc3ccccc3NC2=O)CC1. The average Bonchev–Trinajstić information content (AvgIpc) is 2.62. The summed E-state index contributed by atoms with van der Waals surface area (Å²) >= 11 is 1.29. The fraction of sp³-hybridized carbons (Fsp3) is 0.500. The van der Waals surface area contributed by atoms with Gasteiger partial charge in [0.15, 0.2) is 4.75 Å². The second kappa shape index (κ2) is 7.07. The second-order valence-electron chi connectivity index (χ2n) is 6.40. The quantitative estimate of drug-likeness (QED) is 0.660. The number of anilines is 1. The first-order chi connectivity index (χ1) is 12.0. The average molecular weight is 362 g/mol. The molecule has 2 aliphatic rings. The molecule has 0 aromatic heterocycles. The maximum absolute atomic E-state index is 13.0. The Balaban J connectivity index is 1.69. The number of para-hydroxylation sites is 1. The second-order valence-corrected chi connectivity index (χ2v) is 7.86. The third-order valence-corrected chi connectivity index (χ3v) is 6.04. The van der Waals surface area contributed by atoms with Gasteiger partial charge in [-0.1, -0.05) is 23.9 Å². The van der Waals surface area contributed by atoms with E-state index in [-0.39, 0.29) is 23.7 Å². The van der Waals surface area contributed by atoms with Crippen LogP contribution in [0.1, 0.15) is 26.7 Å². The highest BCUT2D eigenvalue weighted by molar-refractivity contribution is 8.02. The lowest BCUT2D eigenvalue weighted by Crippen LogP contribution is -2.55. The number of hydrogen-bond acceptors (Lipinski definition) is 5. The maximum Gasteiger partial charge on any atom is 0.309 e. The molecule has 7 heteroatoms. The van der Waals surface area contributed by atoms with E-state index in [2.05, 4.69) is 5.32 Å². The van der Waals surface area contributed by atoms with Crippen LogP contribution in [-0.2, 0) is 19.1 Å². The summed E-state index contributed by atoms with van der Waals surface area (Å²) < 4.78 is 3.87. The topological polar surface area (TPSA) is 75.7 Å². The number of nitrogens with zero attached hydrogens (tertiary/aromatic N) is 1. The lowest BCUT2D eigenvalue weighted by molar-refractivity contribution is -0.152. The molecular weight excluding hydrogens is 340 g/mol. The van der Waals surface area contributed by atoms with Gasteiger partial charge < -0.3 is 15.0 Å². The molecule has 25 heavy (non-hydrogen) atoms. The van der Waals surface area contributed by atoms with E-state index in [1.165, 1.54) is 11.8 Å². The minimum Gasteiger partial charge on any atom is -0.466 e. The number of likely N-dealkylation sites (tertiary alicyclic amines) is 1. The predicted molar refractivity (Wildman–Crippen MR) is 95.3 cm³/mol. The highest BCUT2D eigenvalue weighted by Crippen LogP contribution is 2.43. The lowest BCUT2D eigenvalue weighted by atomic mass is 9.95. The van der Waals surface area contributed by atoms with Crippen molar-refractivity contribution in [3.8, 4) is 0 Å². The number of rotatable bonds is 3. The van der Waals surface area contributed by atoms with Crippen LogP contribution in [0.3, 0.4) is 0 Å². The fourth-order valence-electron chi connectivity index (χ4n) is 3.19. The summed E-state index contributed by atoms with van der Waals surface area (Å²) in [5, 5.41) is 2.83. The molecule has 1 unspecified atom stereocenters. The molecule has 1 fully saturated rings. The Labute approximate surface area is 151 Å². The molecule has 6 nitrogen and oxygen atoms in total. The molecule has 0 spiro atoms. The Morgan fingerprint density at radius 1 is 1.32 bits per heavy atom. The number of thioether (sulfide) groups is 1. The van der Waals surface area contributed by atoms with Gasteiger partial charge in [-0.3, -0.25) is 14.4 Å². The molecule has 134 valence electrons. The summed E-state index contributed by atoms with van der Waals surface area (Å²) in [7, 11) is 0. The van der Waals surface area contributed by atoms with E-state index in [1.807, 2.05) is 24.3 Å². The van der Waals surface area contributed by atoms with Gasteiger partial charge in [0.1, 0.15) is 0 Å². The van der Waals surface area contributed by atoms with Gasteiger partial charge >= 0.3 is 5.97 Å². The van der Waals surface area contributed by atoms with Gasteiger partial charge in [-0.25, -0.2) is 0 Å². The Bertz CT molecular complexity index is 700. The number of hydrogen-bond donors (Lipinski definition) is 1. The normalized spacial score (nSPS) is 23.6. The van der Waals surface area contributed by atoms with Crippen LogP contribution in [0.2, 0.25) is 0 Å². The Kier molecular flexibility index (Phi) is 5.03. The highest BCUT2D eigenvalue weighted by Gasteiger charge is 2.48. The largest absolute Gasteiger partial charge is 0.466 e. The molecule has 3 rings (SSSR count). The van der Waals surface area contributed by atoms with Gasteiger partial charge in [-0.2, -0.15) is 0 Å². The van der Waals surface area contributed by atoms with Gasteiger partial charge in [-0.15, -0.1) is 0 Å². The van der Waals surface area contributed by atoms with Crippen LogP contribution in [0.5, 0.6) is 0 Å². The molecule has 1 saturated heterocycles. The first-order valence-corrected chi connectivity index (χ1v) is 9.33. The van der Waals surface area contributed by atoms with Crippen LogP contribution in [0.15, 0.2) is 29.2 Å². The van der Waals surface area contributed by atoms with E-state index in [9.17, 15) is 14.4 Å². The number of carbonyl (C=O) groups is 3. The molecule has 1 aromatic rings. The monoisotopic (exact) mass is 362 g/mol. The molecule has 0 aliphatic carbocycles. The number of benzene rings is 1. The molecule has 0 saturated carbocycles. The van der Waals surface area contributed by atoms with Crippen molar-refractivity contribution in [1.82, 2.24) is 4.90 Å². The third-order valence-electron chi connectivity index (χ3n) is 4.69. The van der Waals surface area contributed by atoms with E-state index in [0.717, 1.165) is 10.6 Å². The van der Waals surface area contributed by atoms with Crippen molar-refractivity contribution in [2.75, 3.05) is 25.0 Å². The van der Waals surface area contributed by atoms with Crippen LogP contribution in [0, 0.1) is 5.92 Å². The van der Waals surface area contributed by atoms with Gasteiger partial charge in [0.2, 0.25) is 11.8 Å². The standard InChI is InChI=1S/C18H22N2O4S/c1-3-24-15(21)12-8-10-20(11-9-12)17(23)18(2)16(22)19-13-6-4-5-7-14(13)25-18/h4-7,12H,3,8-11H2,1-2H3,(H,19,22). The first kappa shape index (κ1) is 17.8. The summed E-state index contributed by atoms with van der Waals surface area (Å²) in [6.45, 7) is 4.75. The Hall–Kier alpha value is -2.02. The molecule has 1 atom stereocenters. The predicted octanol–water partition coefficient (Wildman–Crippen LogP) is 2.29. The molecule has 1 aromatic carbocycles. The number of nitrogens with one attached hydrogen (secondary N) is 1. The molecule has 1 N–H and O–H groups in total.